The van der Waals surface area contributed by atoms with Gasteiger partial charge in [0, 0.05) is 25.7 Å². The Morgan fingerprint density at radius 3 is 2.53 bits per heavy atom. The number of carbonyl (C=O) groups is 1. The van der Waals surface area contributed by atoms with Crippen LogP contribution in [-0.2, 0) is 9.53 Å². The van der Waals surface area contributed by atoms with E-state index in [0.29, 0.717) is 19.3 Å². The second-order valence-corrected chi connectivity index (χ2v) is 5.16. The van der Waals surface area contributed by atoms with E-state index in [-0.39, 0.29) is 11.3 Å². The molecule has 2 rings (SSSR count). The first kappa shape index (κ1) is 10.9. The summed E-state index contributed by atoms with van der Waals surface area (Å²) >= 11 is 0. The van der Waals surface area contributed by atoms with Crippen LogP contribution in [0.5, 0.6) is 0 Å². The minimum atomic E-state index is -0.246. The van der Waals surface area contributed by atoms with Crippen LogP contribution < -0.4 is 0 Å². The molecule has 0 N–H and O–H groups in total. The van der Waals surface area contributed by atoms with Gasteiger partial charge in [-0.2, -0.15) is 0 Å². The molecule has 0 aromatic heterocycles. The minimum Gasteiger partial charge on any atom is -0.379 e. The molecule has 1 unspecified atom stereocenters. The van der Waals surface area contributed by atoms with E-state index in [2.05, 4.69) is 18.9 Å². The number of rotatable bonds is 1. The van der Waals surface area contributed by atoms with Crippen LogP contribution in [0.15, 0.2) is 0 Å². The lowest BCUT2D eigenvalue weighted by Crippen LogP contribution is -2.60. The molecule has 4 heteroatoms. The number of piperazine rings is 1. The summed E-state index contributed by atoms with van der Waals surface area (Å²) < 4.78 is 5.15. The SMILES string of the molecule is CC1CN(C)CCN1C(=O)C1(C)COC1. The van der Waals surface area contributed by atoms with Crippen LogP contribution in [0.3, 0.4) is 0 Å². The van der Waals surface area contributed by atoms with E-state index in [4.69, 9.17) is 4.74 Å². The van der Waals surface area contributed by atoms with Crippen molar-refractivity contribution in [3.8, 4) is 0 Å². The molecule has 1 amide bonds. The number of carbonyl (C=O) groups excluding carboxylic acids is 1. The summed E-state index contributed by atoms with van der Waals surface area (Å²) in [7, 11) is 2.10. The van der Waals surface area contributed by atoms with E-state index in [1.807, 2.05) is 11.8 Å². The molecule has 86 valence electrons. The predicted octanol–water partition coefficient (Wildman–Crippen LogP) is 0.185. The molecule has 15 heavy (non-hydrogen) atoms. The Hall–Kier alpha value is -0.610. The fourth-order valence-corrected chi connectivity index (χ4v) is 2.32. The van der Waals surface area contributed by atoms with Gasteiger partial charge in [0.1, 0.15) is 0 Å². The van der Waals surface area contributed by atoms with Gasteiger partial charge < -0.3 is 14.5 Å². The Kier molecular flexibility index (Phi) is 2.73. The van der Waals surface area contributed by atoms with Crippen LogP contribution in [0.4, 0.5) is 0 Å². The van der Waals surface area contributed by atoms with Crippen LogP contribution in [0.2, 0.25) is 0 Å². The summed E-state index contributed by atoms with van der Waals surface area (Å²) in [5.41, 5.74) is -0.246. The first-order valence-electron chi connectivity index (χ1n) is 5.60. The van der Waals surface area contributed by atoms with Crippen molar-refractivity contribution in [1.29, 1.82) is 0 Å². The molecule has 0 bridgehead atoms. The van der Waals surface area contributed by atoms with Crippen LogP contribution in [0, 0.1) is 5.41 Å². The lowest BCUT2D eigenvalue weighted by atomic mass is 9.86. The van der Waals surface area contributed by atoms with Gasteiger partial charge in [0.05, 0.1) is 18.6 Å². The first-order valence-corrected chi connectivity index (χ1v) is 5.60. The predicted molar refractivity (Wildman–Crippen MR) is 57.6 cm³/mol. The summed E-state index contributed by atoms with van der Waals surface area (Å²) in [6, 6.07) is 0.327. The van der Waals surface area contributed by atoms with E-state index < -0.39 is 0 Å². The normalized spacial score (nSPS) is 31.1. The summed E-state index contributed by atoms with van der Waals surface area (Å²) in [6.07, 6.45) is 0. The number of ether oxygens (including phenoxy) is 1. The molecule has 2 aliphatic heterocycles. The molecule has 0 aliphatic carbocycles. The minimum absolute atomic E-state index is 0.246. The summed E-state index contributed by atoms with van der Waals surface area (Å²) in [5, 5.41) is 0. The smallest absolute Gasteiger partial charge is 0.233 e. The number of amides is 1. The number of hydrogen-bond donors (Lipinski definition) is 0. The van der Waals surface area contributed by atoms with Crippen molar-refractivity contribution in [3.05, 3.63) is 0 Å². The second kappa shape index (κ2) is 3.76. The molecule has 0 radical (unpaired) electrons. The zero-order chi connectivity index (χ0) is 11.1. The average Bonchev–Trinajstić information content (AvgIpc) is 2.13. The van der Waals surface area contributed by atoms with Crippen LogP contribution in [0.25, 0.3) is 0 Å². The van der Waals surface area contributed by atoms with E-state index >= 15 is 0 Å². The van der Waals surface area contributed by atoms with Crippen LogP contribution in [-0.4, -0.2) is 61.6 Å². The Labute approximate surface area is 91.2 Å². The monoisotopic (exact) mass is 212 g/mol. The Morgan fingerprint density at radius 2 is 2.07 bits per heavy atom. The summed E-state index contributed by atoms with van der Waals surface area (Å²) in [6.45, 7) is 8.11. The molecular weight excluding hydrogens is 192 g/mol. The molecular formula is C11H20N2O2. The lowest BCUT2D eigenvalue weighted by Gasteiger charge is -2.45. The van der Waals surface area contributed by atoms with Gasteiger partial charge in [0.15, 0.2) is 0 Å². The van der Waals surface area contributed by atoms with E-state index in [9.17, 15) is 4.79 Å². The molecule has 0 aromatic rings. The standard InChI is InChI=1S/C11H20N2O2/c1-9-6-12(3)4-5-13(9)10(14)11(2)7-15-8-11/h9H,4-8H2,1-3H3. The van der Waals surface area contributed by atoms with Crippen molar-refractivity contribution < 1.29 is 9.53 Å². The van der Waals surface area contributed by atoms with Gasteiger partial charge >= 0.3 is 0 Å². The molecule has 2 fully saturated rings. The highest BCUT2D eigenvalue weighted by molar-refractivity contribution is 5.83. The Balaban J connectivity index is 2.01. The molecule has 0 aromatic carbocycles. The Bertz CT molecular complexity index is 263. The molecule has 1 atom stereocenters. The fraction of sp³-hybridized carbons (Fsp3) is 0.909. The Morgan fingerprint density at radius 1 is 1.40 bits per heavy atom. The highest BCUT2D eigenvalue weighted by Gasteiger charge is 2.45. The van der Waals surface area contributed by atoms with E-state index in [1.165, 1.54) is 0 Å². The zero-order valence-electron chi connectivity index (χ0n) is 9.82. The highest BCUT2D eigenvalue weighted by Crippen LogP contribution is 2.30. The lowest BCUT2D eigenvalue weighted by molar-refractivity contribution is -0.172. The van der Waals surface area contributed by atoms with Gasteiger partial charge in [-0.25, -0.2) is 0 Å². The maximum atomic E-state index is 12.2. The van der Waals surface area contributed by atoms with E-state index in [0.717, 1.165) is 19.6 Å². The summed E-state index contributed by atoms with van der Waals surface area (Å²) in [5.74, 6) is 0.273. The molecule has 0 spiro atoms. The number of likely N-dealkylation sites (N-methyl/N-ethyl adjacent to an activating group) is 1. The van der Waals surface area contributed by atoms with Crippen molar-refractivity contribution in [2.24, 2.45) is 5.41 Å². The highest BCUT2D eigenvalue weighted by atomic mass is 16.5. The van der Waals surface area contributed by atoms with Gasteiger partial charge in [0.25, 0.3) is 0 Å². The molecule has 2 aliphatic rings. The quantitative estimate of drug-likeness (QED) is 0.622. The third-order valence-electron chi connectivity index (χ3n) is 3.45. The van der Waals surface area contributed by atoms with Crippen molar-refractivity contribution in [2.45, 2.75) is 19.9 Å². The maximum absolute atomic E-state index is 12.2. The van der Waals surface area contributed by atoms with Gasteiger partial charge in [0.2, 0.25) is 5.91 Å². The van der Waals surface area contributed by atoms with Crippen molar-refractivity contribution in [3.63, 3.8) is 0 Å². The second-order valence-electron chi connectivity index (χ2n) is 5.16. The van der Waals surface area contributed by atoms with Crippen LogP contribution >= 0.6 is 0 Å². The third-order valence-corrected chi connectivity index (χ3v) is 3.45. The molecule has 0 saturated carbocycles. The average molecular weight is 212 g/mol. The van der Waals surface area contributed by atoms with Crippen LogP contribution in [0.1, 0.15) is 13.8 Å². The zero-order valence-corrected chi connectivity index (χ0v) is 9.82. The summed E-state index contributed by atoms with van der Waals surface area (Å²) in [4.78, 5) is 16.5. The molecule has 2 heterocycles. The van der Waals surface area contributed by atoms with Crippen molar-refractivity contribution in [2.75, 3.05) is 39.9 Å². The first-order chi connectivity index (χ1) is 7.03. The fourth-order valence-electron chi connectivity index (χ4n) is 2.32. The molecule has 4 nitrogen and oxygen atoms in total. The van der Waals surface area contributed by atoms with Gasteiger partial charge in [-0.15, -0.1) is 0 Å². The van der Waals surface area contributed by atoms with Gasteiger partial charge in [-0.1, -0.05) is 0 Å². The van der Waals surface area contributed by atoms with Crippen molar-refractivity contribution in [1.82, 2.24) is 9.80 Å². The van der Waals surface area contributed by atoms with Gasteiger partial charge in [-0.05, 0) is 20.9 Å². The van der Waals surface area contributed by atoms with E-state index in [1.54, 1.807) is 0 Å². The third kappa shape index (κ3) is 1.88. The van der Waals surface area contributed by atoms with Gasteiger partial charge in [-0.3, -0.25) is 4.79 Å². The number of hydrogen-bond acceptors (Lipinski definition) is 3. The largest absolute Gasteiger partial charge is 0.379 e. The maximum Gasteiger partial charge on any atom is 0.233 e. The van der Waals surface area contributed by atoms with Crippen molar-refractivity contribution >= 4 is 5.91 Å². The molecule has 2 saturated heterocycles. The number of nitrogens with zero attached hydrogens (tertiary/aromatic N) is 2. The topological polar surface area (TPSA) is 32.8 Å².